The van der Waals surface area contributed by atoms with E-state index in [2.05, 4.69) is 72.5 Å². The monoisotopic (exact) mass is 996 g/mol. The number of hydrogen-bond acceptors (Lipinski definition) is 10. The van der Waals surface area contributed by atoms with Gasteiger partial charge in [-0.05, 0) is 129 Å². The van der Waals surface area contributed by atoms with Crippen LogP contribution in [0.4, 0.5) is 5.69 Å². The number of anilines is 1. The van der Waals surface area contributed by atoms with Crippen LogP contribution in [0.1, 0.15) is 74.5 Å². The molecule has 0 saturated carbocycles. The highest BCUT2D eigenvalue weighted by Crippen LogP contribution is 2.41. The van der Waals surface area contributed by atoms with Crippen molar-refractivity contribution >= 4 is 46.2 Å². The maximum atomic E-state index is 14.8. The zero-order valence-corrected chi connectivity index (χ0v) is 44.2. The van der Waals surface area contributed by atoms with Crippen molar-refractivity contribution in [1.82, 2.24) is 30.1 Å². The second-order valence-corrected chi connectivity index (χ2v) is 20.8. The Morgan fingerprint density at radius 3 is 2.41 bits per heavy atom. The van der Waals surface area contributed by atoms with E-state index in [0.29, 0.717) is 55.8 Å². The summed E-state index contributed by atoms with van der Waals surface area (Å²) in [4.78, 5) is 75.3. The van der Waals surface area contributed by atoms with Gasteiger partial charge >= 0.3 is 5.97 Å². The number of nitrogens with zero attached hydrogens (tertiary/aromatic N) is 5. The summed E-state index contributed by atoms with van der Waals surface area (Å²) in [6.45, 7) is 12.3. The van der Waals surface area contributed by atoms with Gasteiger partial charge in [0.05, 0.1) is 18.9 Å². The molecule has 1 aromatic heterocycles. The van der Waals surface area contributed by atoms with Gasteiger partial charge < -0.3 is 39.2 Å². The van der Waals surface area contributed by atoms with Crippen molar-refractivity contribution in [2.45, 2.75) is 91.4 Å². The molecule has 73 heavy (non-hydrogen) atoms. The molecule has 5 aromatic rings. The second-order valence-electron chi connectivity index (χ2n) is 20.8. The second kappa shape index (κ2) is 23.4. The zero-order valence-electron chi connectivity index (χ0n) is 44.2. The van der Waals surface area contributed by atoms with Crippen molar-refractivity contribution in [3.8, 4) is 28.1 Å². The third-order valence-electron chi connectivity index (χ3n) is 13.9. The summed E-state index contributed by atoms with van der Waals surface area (Å²) in [6, 6.07) is 23.6. The number of methoxy groups -OCH3 is 1. The van der Waals surface area contributed by atoms with Gasteiger partial charge in [0.25, 0.3) is 11.8 Å². The third-order valence-corrected chi connectivity index (χ3v) is 13.9. The van der Waals surface area contributed by atoms with E-state index in [4.69, 9.17) is 9.47 Å². The van der Waals surface area contributed by atoms with Crippen molar-refractivity contribution in [3.05, 3.63) is 119 Å². The highest BCUT2D eigenvalue weighted by Gasteiger charge is 2.38. The number of aromatic nitrogens is 1. The van der Waals surface area contributed by atoms with Crippen LogP contribution in [0.5, 0.6) is 5.75 Å². The van der Waals surface area contributed by atoms with Crippen LogP contribution in [0, 0.1) is 11.3 Å². The predicted molar refractivity (Wildman–Crippen MR) is 286 cm³/mol. The van der Waals surface area contributed by atoms with Crippen molar-refractivity contribution in [2.24, 2.45) is 11.3 Å². The Balaban J connectivity index is 1.25. The molecule has 0 spiro atoms. The van der Waals surface area contributed by atoms with Gasteiger partial charge in [0.15, 0.2) is 0 Å². The van der Waals surface area contributed by atoms with Crippen LogP contribution >= 0.6 is 0 Å². The Morgan fingerprint density at radius 2 is 1.71 bits per heavy atom. The lowest BCUT2D eigenvalue weighted by molar-refractivity contribution is -0.155. The van der Waals surface area contributed by atoms with Crippen LogP contribution in [0.2, 0.25) is 0 Å². The molecule has 3 N–H and O–H groups in total. The largest absolute Gasteiger partial charge is 0.508 e. The lowest BCUT2D eigenvalue weighted by atomic mass is 9.83. The number of esters is 1. The fourth-order valence-electron chi connectivity index (χ4n) is 10.1. The number of cyclic esters (lactones) is 1. The molecule has 7 rings (SSSR count). The first-order valence-corrected chi connectivity index (χ1v) is 25.4. The van der Waals surface area contributed by atoms with E-state index in [1.165, 1.54) is 20.9 Å². The van der Waals surface area contributed by atoms with Crippen molar-refractivity contribution in [2.75, 3.05) is 66.5 Å². The molecule has 388 valence electrons. The topological polar surface area (TPSA) is 166 Å². The van der Waals surface area contributed by atoms with E-state index in [1.807, 2.05) is 45.0 Å². The highest BCUT2D eigenvalue weighted by molar-refractivity contribution is 6.02. The van der Waals surface area contributed by atoms with E-state index in [1.54, 1.807) is 63.7 Å². The molecule has 1 fully saturated rings. The predicted octanol–water partition coefficient (Wildman–Crippen LogP) is 7.42. The van der Waals surface area contributed by atoms with E-state index in [0.717, 1.165) is 50.8 Å². The molecule has 2 aliphatic heterocycles. The normalized spacial score (nSPS) is 17.7. The van der Waals surface area contributed by atoms with Crippen molar-refractivity contribution in [1.29, 1.82) is 0 Å². The molecule has 2 aliphatic rings. The van der Waals surface area contributed by atoms with Gasteiger partial charge in [-0.2, -0.15) is 0 Å². The number of amides is 4. The molecular formula is C58H73N7O8. The summed E-state index contributed by atoms with van der Waals surface area (Å²) < 4.78 is 14.0. The number of nitrogens with one attached hydrogen (secondary N) is 2. The Morgan fingerprint density at radius 1 is 0.973 bits per heavy atom. The maximum absolute atomic E-state index is 14.8. The summed E-state index contributed by atoms with van der Waals surface area (Å²) in [7, 11) is 8.75. The van der Waals surface area contributed by atoms with Crippen molar-refractivity contribution < 1.29 is 38.6 Å². The van der Waals surface area contributed by atoms with Gasteiger partial charge in [-0.1, -0.05) is 70.2 Å². The lowest BCUT2D eigenvalue weighted by Gasteiger charge is -2.36. The first-order chi connectivity index (χ1) is 34.8. The summed E-state index contributed by atoms with van der Waals surface area (Å²) in [6.07, 6.45) is 5.52. The summed E-state index contributed by atoms with van der Waals surface area (Å²) >= 11 is 0. The Bertz CT molecular complexity index is 2850. The van der Waals surface area contributed by atoms with E-state index < -0.39 is 47.2 Å². The number of rotatable bonds is 14. The molecule has 3 atom stereocenters. The quantitative estimate of drug-likeness (QED) is 0.0754. The minimum atomic E-state index is -1.18. The minimum Gasteiger partial charge on any atom is -0.508 e. The van der Waals surface area contributed by atoms with Crippen LogP contribution in [-0.2, 0) is 54.5 Å². The zero-order chi connectivity index (χ0) is 52.7. The lowest BCUT2D eigenvalue weighted by Crippen LogP contribution is -2.62. The van der Waals surface area contributed by atoms with Crippen LogP contribution in [0.15, 0.2) is 97.1 Å². The molecule has 3 heterocycles. The first-order valence-electron chi connectivity index (χ1n) is 25.4. The molecule has 0 unspecified atom stereocenters. The average Bonchev–Trinajstić information content (AvgIpc) is 3.67. The Labute approximate surface area is 430 Å². The molecular weight excluding hydrogens is 923 g/mol. The number of ether oxygens (including phenoxy) is 2. The molecule has 0 aliphatic carbocycles. The molecule has 4 amide bonds. The molecule has 15 heteroatoms. The Kier molecular flexibility index (Phi) is 17.3. The van der Waals surface area contributed by atoms with Crippen LogP contribution in [0.25, 0.3) is 33.3 Å². The number of hydrazine groups is 1. The number of carbonyl (C=O) groups excluding carboxylic acids is 5. The van der Waals surface area contributed by atoms with Gasteiger partial charge in [-0.15, -0.1) is 0 Å². The average molecular weight is 996 g/mol. The number of likely N-dealkylation sites (N-methyl/N-ethyl adjacent to an activating group) is 3. The number of benzene rings is 4. The standard InChI is InChI=1S/C58H73N7O8/c1-11-64-50-25-22-41-34-46(50)47(53(64)45-17-13-12-16-39(45)26-29-72-10)35-58(4,5)36-73-57(71)48-18-14-28-65(60-48)56(70)49(32-38-30-42(41)33-44(66)31-38)59-54(68)52(37(2)3)63(9)55(69)40-20-23-43(24-21-40)62(8)51(67)19-15-27-61(6)7/h12-13,15-17,19-25,30-31,33-34,37,48-49,52,60,66H,11,14,18,26-29,32,35-36H2,1-10H3,(H,59,68)/b19-15+/t48-,49-,52-/m0/s1. The van der Waals surface area contributed by atoms with Gasteiger partial charge in [0.1, 0.15) is 23.9 Å². The highest BCUT2D eigenvalue weighted by atomic mass is 16.5. The van der Waals surface area contributed by atoms with Crippen molar-refractivity contribution in [3.63, 3.8) is 0 Å². The number of hydrogen-bond donors (Lipinski definition) is 3. The van der Waals surface area contributed by atoms with E-state index in [9.17, 15) is 29.1 Å². The smallest absolute Gasteiger partial charge is 0.324 e. The minimum absolute atomic E-state index is 0.00793. The van der Waals surface area contributed by atoms with Gasteiger partial charge in [0.2, 0.25) is 11.8 Å². The number of aryl methyl sites for hydroxylation is 1. The molecule has 15 nitrogen and oxygen atoms in total. The van der Waals surface area contributed by atoms with Gasteiger partial charge in [-0.25, -0.2) is 5.43 Å². The summed E-state index contributed by atoms with van der Waals surface area (Å²) in [5.74, 6) is -2.54. The number of carbonyl (C=O) groups is 5. The van der Waals surface area contributed by atoms with Gasteiger partial charge in [-0.3, -0.25) is 29.0 Å². The van der Waals surface area contributed by atoms with Crippen LogP contribution < -0.4 is 15.6 Å². The summed E-state index contributed by atoms with van der Waals surface area (Å²) in [5, 5.41) is 16.8. The fourth-order valence-corrected chi connectivity index (χ4v) is 10.1. The molecule has 6 bridgehead atoms. The number of aromatic hydroxyl groups is 1. The SMILES string of the molecule is CCn1c(-c2ccccc2CCOC)c2c3cc(ccc31)-c1cc(O)cc(c1)C[C@H](NC(=O)[C@H](C(C)C)N(C)C(=O)c1ccc(N(C)C(=O)/C=C/CN(C)C)cc1)C(=O)N1CCC[C@H](N1)C(=O)OCC(C)(C)C2. The summed E-state index contributed by atoms with van der Waals surface area (Å²) in [5.41, 5.74) is 11.2. The molecule has 0 radical (unpaired) electrons. The van der Waals surface area contributed by atoms with E-state index >= 15 is 0 Å². The molecule has 4 aromatic carbocycles. The number of phenols is 1. The van der Waals surface area contributed by atoms with Crippen LogP contribution in [0.3, 0.4) is 0 Å². The van der Waals surface area contributed by atoms with Crippen LogP contribution in [-0.4, -0.2) is 134 Å². The number of fused-ring (bicyclic) bond motifs is 6. The third kappa shape index (κ3) is 12.5. The Hall–Kier alpha value is -6.81. The first kappa shape index (κ1) is 54.0. The number of phenolic OH excluding ortho intramolecular Hbond substituents is 1. The van der Waals surface area contributed by atoms with Gasteiger partial charge in [0, 0.05) is 86.5 Å². The maximum Gasteiger partial charge on any atom is 0.324 e. The fraction of sp³-hybridized carbons (Fsp3) is 0.431. The van der Waals surface area contributed by atoms with E-state index in [-0.39, 0.29) is 37.1 Å². The molecule has 1 saturated heterocycles.